The van der Waals surface area contributed by atoms with Crippen molar-refractivity contribution < 1.29 is 9.59 Å². The van der Waals surface area contributed by atoms with Gasteiger partial charge in [0.15, 0.2) is 0 Å². The maximum atomic E-state index is 11.8. The standard InChI is InChI=1S/C14H17BrN2O2/c15-12-6-2-5-11(9-12)14(19)17-8-7-16-13(18)10-3-1-4-10/h2,5-6,9-10H,1,3-4,7-8H2,(H,16,18)(H,17,19). The van der Waals surface area contributed by atoms with Gasteiger partial charge < -0.3 is 10.6 Å². The third-order valence-corrected chi connectivity index (χ3v) is 3.77. The van der Waals surface area contributed by atoms with Crippen molar-refractivity contribution in [3.63, 3.8) is 0 Å². The minimum atomic E-state index is -0.126. The molecule has 1 aromatic carbocycles. The summed E-state index contributed by atoms with van der Waals surface area (Å²) in [6, 6.07) is 7.21. The molecular formula is C14H17BrN2O2. The minimum absolute atomic E-state index is 0.114. The summed E-state index contributed by atoms with van der Waals surface area (Å²) in [5.41, 5.74) is 0.611. The van der Waals surface area contributed by atoms with Crippen LogP contribution in [0.4, 0.5) is 0 Å². The van der Waals surface area contributed by atoms with Gasteiger partial charge in [0.05, 0.1) is 0 Å². The Morgan fingerprint density at radius 1 is 1.21 bits per heavy atom. The number of amides is 2. The lowest BCUT2D eigenvalue weighted by Crippen LogP contribution is -2.39. The number of nitrogens with one attached hydrogen (secondary N) is 2. The highest BCUT2D eigenvalue weighted by Gasteiger charge is 2.24. The van der Waals surface area contributed by atoms with Crippen LogP contribution in [0.5, 0.6) is 0 Å². The van der Waals surface area contributed by atoms with Crippen LogP contribution in [0.25, 0.3) is 0 Å². The van der Waals surface area contributed by atoms with E-state index in [1.807, 2.05) is 12.1 Å². The molecule has 0 unspecified atom stereocenters. The zero-order valence-corrected chi connectivity index (χ0v) is 12.2. The zero-order valence-electron chi connectivity index (χ0n) is 10.6. The molecule has 2 rings (SSSR count). The lowest BCUT2D eigenvalue weighted by atomic mass is 9.85. The van der Waals surface area contributed by atoms with Gasteiger partial charge >= 0.3 is 0 Å². The molecule has 0 saturated heterocycles. The van der Waals surface area contributed by atoms with Gasteiger partial charge in [0.2, 0.25) is 5.91 Å². The molecule has 2 amide bonds. The minimum Gasteiger partial charge on any atom is -0.354 e. The monoisotopic (exact) mass is 324 g/mol. The van der Waals surface area contributed by atoms with Crippen molar-refractivity contribution in [3.05, 3.63) is 34.3 Å². The van der Waals surface area contributed by atoms with Crippen LogP contribution in [0.3, 0.4) is 0 Å². The van der Waals surface area contributed by atoms with Crippen molar-refractivity contribution in [1.29, 1.82) is 0 Å². The van der Waals surface area contributed by atoms with E-state index in [0.717, 1.165) is 23.7 Å². The summed E-state index contributed by atoms with van der Waals surface area (Å²) in [5.74, 6) is 0.183. The van der Waals surface area contributed by atoms with E-state index in [-0.39, 0.29) is 17.7 Å². The highest BCUT2D eigenvalue weighted by molar-refractivity contribution is 9.10. The van der Waals surface area contributed by atoms with Crippen LogP contribution in [0, 0.1) is 5.92 Å². The van der Waals surface area contributed by atoms with Gasteiger partial charge in [0.1, 0.15) is 0 Å². The molecule has 0 radical (unpaired) electrons. The molecule has 1 fully saturated rings. The fraction of sp³-hybridized carbons (Fsp3) is 0.429. The first-order valence-corrected chi connectivity index (χ1v) is 7.27. The Morgan fingerprint density at radius 3 is 2.58 bits per heavy atom. The van der Waals surface area contributed by atoms with Crippen LogP contribution >= 0.6 is 15.9 Å². The summed E-state index contributed by atoms with van der Waals surface area (Å²) in [5, 5.41) is 5.62. The Kier molecular flexibility index (Phi) is 4.96. The van der Waals surface area contributed by atoms with Crippen LogP contribution in [-0.4, -0.2) is 24.9 Å². The van der Waals surface area contributed by atoms with Crippen LogP contribution in [0.15, 0.2) is 28.7 Å². The SMILES string of the molecule is O=C(NCCNC(=O)C1CCC1)c1cccc(Br)c1. The molecule has 5 heteroatoms. The van der Waals surface area contributed by atoms with Crippen molar-refractivity contribution in [2.45, 2.75) is 19.3 Å². The first kappa shape index (κ1) is 14.1. The number of carbonyl (C=O) groups excluding carboxylic acids is 2. The summed E-state index contributed by atoms with van der Waals surface area (Å²) in [6.45, 7) is 0.929. The van der Waals surface area contributed by atoms with Crippen LogP contribution < -0.4 is 10.6 Å². The predicted molar refractivity (Wildman–Crippen MR) is 76.8 cm³/mol. The largest absolute Gasteiger partial charge is 0.354 e. The molecule has 2 N–H and O–H groups in total. The van der Waals surface area contributed by atoms with E-state index in [2.05, 4.69) is 26.6 Å². The molecule has 1 aliphatic rings. The maximum Gasteiger partial charge on any atom is 0.251 e. The predicted octanol–water partition coefficient (Wildman–Crippen LogP) is 2.10. The highest BCUT2D eigenvalue weighted by atomic mass is 79.9. The summed E-state index contributed by atoms with van der Waals surface area (Å²) < 4.78 is 0.874. The summed E-state index contributed by atoms with van der Waals surface area (Å²) >= 11 is 3.32. The van der Waals surface area contributed by atoms with Crippen molar-refractivity contribution in [1.82, 2.24) is 10.6 Å². The van der Waals surface area contributed by atoms with Gasteiger partial charge in [-0.05, 0) is 31.0 Å². The average molecular weight is 325 g/mol. The van der Waals surface area contributed by atoms with Gasteiger partial charge in [0.25, 0.3) is 5.91 Å². The van der Waals surface area contributed by atoms with Crippen molar-refractivity contribution in [2.75, 3.05) is 13.1 Å². The van der Waals surface area contributed by atoms with Crippen LogP contribution in [0.1, 0.15) is 29.6 Å². The van der Waals surface area contributed by atoms with E-state index in [1.54, 1.807) is 12.1 Å². The molecule has 0 spiro atoms. The number of hydrogen-bond donors (Lipinski definition) is 2. The Labute approximate surface area is 121 Å². The first-order valence-electron chi connectivity index (χ1n) is 6.48. The van der Waals surface area contributed by atoms with E-state index in [0.29, 0.717) is 18.7 Å². The van der Waals surface area contributed by atoms with E-state index < -0.39 is 0 Å². The molecule has 102 valence electrons. The Bertz CT molecular complexity index is 472. The second kappa shape index (κ2) is 6.70. The third-order valence-electron chi connectivity index (χ3n) is 3.27. The smallest absolute Gasteiger partial charge is 0.251 e. The maximum absolute atomic E-state index is 11.8. The molecule has 0 bridgehead atoms. The van der Waals surface area contributed by atoms with E-state index in [1.165, 1.54) is 0 Å². The molecule has 0 atom stereocenters. The fourth-order valence-electron chi connectivity index (χ4n) is 1.91. The molecular weight excluding hydrogens is 308 g/mol. The van der Waals surface area contributed by atoms with Crippen LogP contribution in [0.2, 0.25) is 0 Å². The van der Waals surface area contributed by atoms with Gasteiger partial charge in [-0.2, -0.15) is 0 Å². The Balaban J connectivity index is 1.67. The topological polar surface area (TPSA) is 58.2 Å². The van der Waals surface area contributed by atoms with Crippen LogP contribution in [-0.2, 0) is 4.79 Å². The quantitative estimate of drug-likeness (QED) is 0.815. The zero-order chi connectivity index (χ0) is 13.7. The second-order valence-electron chi connectivity index (χ2n) is 4.69. The van der Waals surface area contributed by atoms with Gasteiger partial charge in [-0.25, -0.2) is 0 Å². The summed E-state index contributed by atoms with van der Waals surface area (Å²) in [6.07, 6.45) is 3.14. The molecule has 1 saturated carbocycles. The average Bonchev–Trinajstić information content (AvgIpc) is 2.32. The summed E-state index contributed by atoms with van der Waals surface area (Å²) in [4.78, 5) is 23.4. The van der Waals surface area contributed by atoms with Crippen molar-refractivity contribution in [2.24, 2.45) is 5.92 Å². The number of hydrogen-bond acceptors (Lipinski definition) is 2. The Hall–Kier alpha value is -1.36. The van der Waals surface area contributed by atoms with E-state index in [9.17, 15) is 9.59 Å². The Morgan fingerprint density at radius 2 is 1.95 bits per heavy atom. The number of rotatable bonds is 5. The van der Waals surface area contributed by atoms with E-state index in [4.69, 9.17) is 0 Å². The number of benzene rings is 1. The van der Waals surface area contributed by atoms with Gasteiger partial charge in [-0.1, -0.05) is 28.4 Å². The lowest BCUT2D eigenvalue weighted by molar-refractivity contribution is -0.127. The molecule has 0 aromatic heterocycles. The van der Waals surface area contributed by atoms with Gasteiger partial charge in [-0.15, -0.1) is 0 Å². The van der Waals surface area contributed by atoms with Crippen molar-refractivity contribution >= 4 is 27.7 Å². The molecule has 4 nitrogen and oxygen atoms in total. The van der Waals surface area contributed by atoms with Gasteiger partial charge in [0, 0.05) is 29.0 Å². The first-order chi connectivity index (χ1) is 9.16. The second-order valence-corrected chi connectivity index (χ2v) is 5.60. The number of carbonyl (C=O) groups is 2. The van der Waals surface area contributed by atoms with Crippen molar-refractivity contribution in [3.8, 4) is 0 Å². The molecule has 19 heavy (non-hydrogen) atoms. The molecule has 1 aliphatic carbocycles. The number of halogens is 1. The lowest BCUT2D eigenvalue weighted by Gasteiger charge is -2.24. The highest BCUT2D eigenvalue weighted by Crippen LogP contribution is 2.25. The van der Waals surface area contributed by atoms with E-state index >= 15 is 0 Å². The molecule has 1 aromatic rings. The molecule has 0 aliphatic heterocycles. The fourth-order valence-corrected chi connectivity index (χ4v) is 2.31. The third kappa shape index (κ3) is 4.06. The molecule has 0 heterocycles. The normalized spacial score (nSPS) is 14.6. The van der Waals surface area contributed by atoms with Gasteiger partial charge in [-0.3, -0.25) is 9.59 Å². The summed E-state index contributed by atoms with van der Waals surface area (Å²) in [7, 11) is 0.